The molecule has 0 unspecified atom stereocenters. The van der Waals surface area contributed by atoms with E-state index in [0.29, 0.717) is 17.3 Å². The van der Waals surface area contributed by atoms with Gasteiger partial charge in [-0.2, -0.15) is 9.78 Å². The molecular weight excluding hydrogens is 390 g/mol. The summed E-state index contributed by atoms with van der Waals surface area (Å²) in [6.07, 6.45) is 4.29. The molecule has 0 aliphatic heterocycles. The zero-order chi connectivity index (χ0) is 21.4. The summed E-state index contributed by atoms with van der Waals surface area (Å²) >= 11 is 0. The molecule has 2 heterocycles. The first-order valence-corrected chi connectivity index (χ1v) is 10.9. The largest absolute Gasteiger partial charge is 0.306 e. The molecule has 9 heteroatoms. The minimum absolute atomic E-state index is 0.0866. The molecule has 0 bridgehead atoms. The molecule has 29 heavy (non-hydrogen) atoms. The van der Waals surface area contributed by atoms with Crippen LogP contribution in [0.5, 0.6) is 0 Å². The number of carbonyl (C=O) groups excluding carboxylic acids is 1. The smallest absolute Gasteiger partial charge is 0.257 e. The van der Waals surface area contributed by atoms with Crippen LogP contribution in [0, 0.1) is 6.92 Å². The van der Waals surface area contributed by atoms with Crippen LogP contribution in [0.25, 0.3) is 5.95 Å². The lowest BCUT2D eigenvalue weighted by molar-refractivity contribution is 0.102. The van der Waals surface area contributed by atoms with Crippen LogP contribution in [0.1, 0.15) is 42.4 Å². The molecule has 0 aliphatic carbocycles. The van der Waals surface area contributed by atoms with E-state index in [1.807, 2.05) is 20.8 Å². The monoisotopic (exact) mass is 413 g/mol. The van der Waals surface area contributed by atoms with Crippen molar-refractivity contribution in [2.75, 3.05) is 11.6 Å². The van der Waals surface area contributed by atoms with Crippen LogP contribution in [0.4, 0.5) is 5.82 Å². The Morgan fingerprint density at radius 3 is 2.34 bits per heavy atom. The van der Waals surface area contributed by atoms with Crippen LogP contribution in [0.2, 0.25) is 0 Å². The number of benzene rings is 1. The molecule has 1 N–H and O–H groups in total. The van der Waals surface area contributed by atoms with Gasteiger partial charge < -0.3 is 5.32 Å². The molecule has 0 saturated carbocycles. The van der Waals surface area contributed by atoms with Gasteiger partial charge in [-0.05, 0) is 30.7 Å². The van der Waals surface area contributed by atoms with Crippen molar-refractivity contribution in [1.82, 2.24) is 19.7 Å². The highest BCUT2D eigenvalue weighted by Crippen LogP contribution is 2.26. The van der Waals surface area contributed by atoms with E-state index in [2.05, 4.69) is 20.4 Å². The summed E-state index contributed by atoms with van der Waals surface area (Å²) < 4.78 is 25.2. The van der Waals surface area contributed by atoms with E-state index in [1.54, 1.807) is 37.5 Å². The third kappa shape index (κ3) is 4.51. The quantitative estimate of drug-likeness (QED) is 0.705. The Bertz CT molecular complexity index is 1160. The SMILES string of the molecule is Cc1ccc(S(C)(=O)=O)cc1C(=O)Nc1cc(C(C)(C)C)nn1-c1ncccn1. The van der Waals surface area contributed by atoms with Crippen LogP contribution in [0.3, 0.4) is 0 Å². The summed E-state index contributed by atoms with van der Waals surface area (Å²) in [5, 5.41) is 7.38. The standard InChI is InChI=1S/C20H23N5O3S/c1-13-7-8-14(29(5,27)28)11-15(13)18(26)23-17-12-16(20(2,3)4)24-25(17)19-21-9-6-10-22-19/h6-12H,1-5H3,(H,23,26). The van der Waals surface area contributed by atoms with Crippen molar-refractivity contribution in [3.63, 3.8) is 0 Å². The minimum atomic E-state index is -3.43. The number of anilines is 1. The number of nitrogens with one attached hydrogen (secondary N) is 1. The van der Waals surface area contributed by atoms with Gasteiger partial charge >= 0.3 is 0 Å². The molecule has 2 aromatic heterocycles. The van der Waals surface area contributed by atoms with Gasteiger partial charge in [0.25, 0.3) is 11.9 Å². The van der Waals surface area contributed by atoms with Crippen molar-refractivity contribution in [3.8, 4) is 5.95 Å². The van der Waals surface area contributed by atoms with Gasteiger partial charge in [0.1, 0.15) is 5.82 Å². The van der Waals surface area contributed by atoms with Gasteiger partial charge in [0.2, 0.25) is 0 Å². The maximum Gasteiger partial charge on any atom is 0.257 e. The predicted octanol–water partition coefficient (Wildman–Crippen LogP) is 2.92. The number of aryl methyl sites for hydroxylation is 1. The van der Waals surface area contributed by atoms with Crippen molar-refractivity contribution < 1.29 is 13.2 Å². The highest BCUT2D eigenvalue weighted by molar-refractivity contribution is 7.90. The van der Waals surface area contributed by atoms with Crippen LogP contribution in [-0.2, 0) is 15.3 Å². The maximum atomic E-state index is 13.0. The van der Waals surface area contributed by atoms with E-state index in [4.69, 9.17) is 0 Å². The van der Waals surface area contributed by atoms with Gasteiger partial charge in [0.15, 0.2) is 9.84 Å². The third-order valence-corrected chi connectivity index (χ3v) is 5.45. The fourth-order valence-electron chi connectivity index (χ4n) is 2.65. The number of aromatic nitrogens is 4. The Morgan fingerprint density at radius 1 is 1.10 bits per heavy atom. The summed E-state index contributed by atoms with van der Waals surface area (Å²) in [5.41, 5.74) is 1.42. The highest BCUT2D eigenvalue weighted by Gasteiger charge is 2.23. The summed E-state index contributed by atoms with van der Waals surface area (Å²) in [6, 6.07) is 7.94. The molecule has 1 amide bonds. The highest BCUT2D eigenvalue weighted by atomic mass is 32.2. The van der Waals surface area contributed by atoms with Crippen LogP contribution in [-0.4, -0.2) is 40.3 Å². The van der Waals surface area contributed by atoms with Crippen molar-refractivity contribution in [1.29, 1.82) is 0 Å². The number of hydrogen-bond donors (Lipinski definition) is 1. The lowest BCUT2D eigenvalue weighted by Gasteiger charge is -2.13. The number of rotatable bonds is 4. The van der Waals surface area contributed by atoms with Crippen LogP contribution < -0.4 is 5.32 Å². The molecule has 3 aromatic rings. The second kappa shape index (κ2) is 7.40. The van der Waals surface area contributed by atoms with E-state index in [0.717, 1.165) is 11.9 Å². The number of sulfone groups is 1. The molecule has 0 spiro atoms. The number of carbonyl (C=O) groups is 1. The number of amides is 1. The molecule has 0 saturated heterocycles. The van der Waals surface area contributed by atoms with Gasteiger partial charge in [-0.3, -0.25) is 4.79 Å². The lowest BCUT2D eigenvalue weighted by atomic mass is 9.92. The Hall–Kier alpha value is -3.07. The molecule has 0 atom stereocenters. The molecule has 0 fully saturated rings. The Labute approximate surface area is 169 Å². The second-order valence-corrected chi connectivity index (χ2v) is 9.84. The van der Waals surface area contributed by atoms with E-state index in [1.165, 1.54) is 16.8 Å². The zero-order valence-corrected chi connectivity index (χ0v) is 17.8. The number of nitrogens with zero attached hydrogens (tertiary/aromatic N) is 4. The summed E-state index contributed by atoms with van der Waals surface area (Å²) in [7, 11) is -3.43. The van der Waals surface area contributed by atoms with Gasteiger partial charge in [-0.25, -0.2) is 18.4 Å². The first-order chi connectivity index (χ1) is 13.5. The Kier molecular flexibility index (Phi) is 5.27. The van der Waals surface area contributed by atoms with Gasteiger partial charge in [0, 0.05) is 35.7 Å². The number of hydrogen-bond acceptors (Lipinski definition) is 6. The summed E-state index contributed by atoms with van der Waals surface area (Å²) in [4.78, 5) is 21.5. The van der Waals surface area contributed by atoms with E-state index in [9.17, 15) is 13.2 Å². The van der Waals surface area contributed by atoms with E-state index in [-0.39, 0.29) is 15.9 Å². The molecule has 152 valence electrons. The lowest BCUT2D eigenvalue weighted by Crippen LogP contribution is -2.17. The second-order valence-electron chi connectivity index (χ2n) is 7.83. The third-order valence-electron chi connectivity index (χ3n) is 4.34. The van der Waals surface area contributed by atoms with Gasteiger partial charge in [-0.15, -0.1) is 0 Å². The van der Waals surface area contributed by atoms with Crippen molar-refractivity contribution in [2.24, 2.45) is 0 Å². The normalized spacial score (nSPS) is 12.0. The first-order valence-electron chi connectivity index (χ1n) is 8.97. The molecule has 3 rings (SSSR count). The molecular formula is C20H23N5O3S. The molecule has 8 nitrogen and oxygen atoms in total. The fourth-order valence-corrected chi connectivity index (χ4v) is 3.30. The Balaban J connectivity index is 2.04. The summed E-state index contributed by atoms with van der Waals surface area (Å²) in [5.74, 6) is 0.278. The molecule has 0 radical (unpaired) electrons. The van der Waals surface area contributed by atoms with Gasteiger partial charge in [0.05, 0.1) is 10.6 Å². The Morgan fingerprint density at radius 2 is 1.76 bits per heavy atom. The average molecular weight is 414 g/mol. The van der Waals surface area contributed by atoms with Crippen molar-refractivity contribution in [2.45, 2.75) is 38.0 Å². The minimum Gasteiger partial charge on any atom is -0.306 e. The van der Waals surface area contributed by atoms with Crippen molar-refractivity contribution >= 4 is 21.6 Å². The fraction of sp³-hybridized carbons (Fsp3) is 0.300. The van der Waals surface area contributed by atoms with E-state index < -0.39 is 15.7 Å². The van der Waals surface area contributed by atoms with Gasteiger partial charge in [-0.1, -0.05) is 26.8 Å². The van der Waals surface area contributed by atoms with Crippen molar-refractivity contribution in [3.05, 3.63) is 59.5 Å². The topological polar surface area (TPSA) is 107 Å². The predicted molar refractivity (Wildman–Crippen MR) is 110 cm³/mol. The first kappa shape index (κ1) is 20.7. The summed E-state index contributed by atoms with van der Waals surface area (Å²) in [6.45, 7) is 7.78. The van der Waals surface area contributed by atoms with Crippen LogP contribution in [0.15, 0.2) is 47.6 Å². The molecule has 1 aromatic carbocycles. The van der Waals surface area contributed by atoms with Crippen LogP contribution >= 0.6 is 0 Å². The maximum absolute atomic E-state index is 13.0. The molecule has 0 aliphatic rings. The van der Waals surface area contributed by atoms with E-state index >= 15 is 0 Å². The zero-order valence-electron chi connectivity index (χ0n) is 17.0. The average Bonchev–Trinajstić information content (AvgIpc) is 3.06.